The zero-order chi connectivity index (χ0) is 20.4. The van der Waals surface area contributed by atoms with E-state index in [2.05, 4.69) is 71.3 Å². The van der Waals surface area contributed by atoms with Gasteiger partial charge in [0.25, 0.3) is 0 Å². The van der Waals surface area contributed by atoms with Crippen molar-refractivity contribution in [2.75, 3.05) is 0 Å². The second kappa shape index (κ2) is 9.38. The lowest BCUT2D eigenvalue weighted by Crippen LogP contribution is -2.58. The fourth-order valence-corrected chi connectivity index (χ4v) is 11.2. The molecule has 0 saturated heterocycles. The minimum Gasteiger partial charge on any atom is -0.412 e. The predicted molar refractivity (Wildman–Crippen MR) is 118 cm³/mol. The molecule has 156 valence electrons. The SMILES string of the molecule is CC(C)[Si](O[C@@H]1C[C@@H](Br)C[C@@H](O[C@@H](C)[C@@H](C)O)C1(C)C)(C(C)C)C(C)C. The number of aliphatic hydroxyl groups excluding tert-OH is 1. The number of alkyl halides is 1. The van der Waals surface area contributed by atoms with Crippen molar-refractivity contribution < 1.29 is 14.3 Å². The van der Waals surface area contributed by atoms with E-state index in [0.717, 1.165) is 12.8 Å². The Labute approximate surface area is 171 Å². The van der Waals surface area contributed by atoms with Gasteiger partial charge in [-0.05, 0) is 43.3 Å². The molecule has 3 nitrogen and oxygen atoms in total. The molecule has 1 N–H and O–H groups in total. The Morgan fingerprint density at radius 2 is 1.31 bits per heavy atom. The maximum absolute atomic E-state index is 9.90. The van der Waals surface area contributed by atoms with Crippen LogP contribution < -0.4 is 0 Å². The Hall–Kier alpha value is 0.577. The lowest BCUT2D eigenvalue weighted by atomic mass is 9.72. The van der Waals surface area contributed by atoms with Crippen LogP contribution >= 0.6 is 15.9 Å². The van der Waals surface area contributed by atoms with Crippen LogP contribution in [-0.4, -0.2) is 42.7 Å². The molecular formula is C21H43BrO3Si. The van der Waals surface area contributed by atoms with Crippen molar-refractivity contribution in [3.05, 3.63) is 0 Å². The Morgan fingerprint density at radius 1 is 0.885 bits per heavy atom. The Bertz CT molecular complexity index is 415. The number of aliphatic hydroxyl groups is 1. The highest BCUT2D eigenvalue weighted by Crippen LogP contribution is 2.49. The molecule has 0 aromatic rings. The van der Waals surface area contributed by atoms with Gasteiger partial charge in [-0.25, -0.2) is 0 Å². The molecule has 1 aliphatic carbocycles. The maximum atomic E-state index is 9.90. The summed E-state index contributed by atoms with van der Waals surface area (Å²) in [5, 5.41) is 9.90. The number of halogens is 1. The minimum absolute atomic E-state index is 0.0772. The van der Waals surface area contributed by atoms with E-state index >= 15 is 0 Å². The summed E-state index contributed by atoms with van der Waals surface area (Å²) in [7, 11) is -1.95. The molecule has 0 unspecified atom stereocenters. The van der Waals surface area contributed by atoms with E-state index in [1.54, 1.807) is 6.92 Å². The van der Waals surface area contributed by atoms with Crippen molar-refractivity contribution in [3.63, 3.8) is 0 Å². The van der Waals surface area contributed by atoms with Crippen LogP contribution in [0.2, 0.25) is 16.6 Å². The largest absolute Gasteiger partial charge is 0.412 e. The van der Waals surface area contributed by atoms with E-state index in [1.807, 2.05) is 6.92 Å². The Morgan fingerprint density at radius 3 is 1.69 bits per heavy atom. The first-order valence-corrected chi connectivity index (χ1v) is 13.5. The van der Waals surface area contributed by atoms with Crippen LogP contribution in [0, 0.1) is 5.41 Å². The van der Waals surface area contributed by atoms with Crippen molar-refractivity contribution >= 4 is 24.2 Å². The summed E-state index contributed by atoms with van der Waals surface area (Å²) in [6, 6.07) is 0. The average Bonchev–Trinajstić information content (AvgIpc) is 2.47. The van der Waals surface area contributed by atoms with E-state index in [4.69, 9.17) is 9.16 Å². The zero-order valence-electron chi connectivity index (χ0n) is 18.7. The second-order valence-corrected chi connectivity index (χ2v) is 16.6. The summed E-state index contributed by atoms with van der Waals surface area (Å²) in [5.74, 6) is 0. The Kier molecular flexibility index (Phi) is 8.88. The topological polar surface area (TPSA) is 38.7 Å². The Balaban J connectivity index is 3.16. The molecule has 0 radical (unpaired) electrons. The van der Waals surface area contributed by atoms with Crippen LogP contribution in [0.4, 0.5) is 0 Å². The van der Waals surface area contributed by atoms with Crippen LogP contribution in [0.3, 0.4) is 0 Å². The highest BCUT2D eigenvalue weighted by atomic mass is 79.9. The molecule has 1 fully saturated rings. The molecule has 0 spiro atoms. The average molecular weight is 452 g/mol. The highest BCUT2D eigenvalue weighted by molar-refractivity contribution is 9.09. The van der Waals surface area contributed by atoms with Gasteiger partial charge in [-0.2, -0.15) is 0 Å². The number of rotatable bonds is 8. The number of hydrogen-bond donors (Lipinski definition) is 1. The van der Waals surface area contributed by atoms with E-state index in [1.165, 1.54) is 0 Å². The lowest BCUT2D eigenvalue weighted by Gasteiger charge is -2.53. The van der Waals surface area contributed by atoms with Crippen LogP contribution in [0.5, 0.6) is 0 Å². The van der Waals surface area contributed by atoms with Crippen molar-refractivity contribution in [1.29, 1.82) is 0 Å². The van der Waals surface area contributed by atoms with E-state index in [9.17, 15) is 5.11 Å². The molecule has 0 aromatic carbocycles. The van der Waals surface area contributed by atoms with Gasteiger partial charge in [0.05, 0.1) is 24.4 Å². The minimum atomic E-state index is -1.95. The summed E-state index contributed by atoms with van der Waals surface area (Å²) in [4.78, 5) is 0.393. The van der Waals surface area contributed by atoms with Gasteiger partial charge in [0.2, 0.25) is 8.32 Å². The van der Waals surface area contributed by atoms with Gasteiger partial charge in [0.15, 0.2) is 0 Å². The molecule has 1 rings (SSSR count). The summed E-state index contributed by atoms with van der Waals surface area (Å²) in [6.07, 6.45) is 1.61. The maximum Gasteiger partial charge on any atom is 0.200 e. The van der Waals surface area contributed by atoms with E-state index in [0.29, 0.717) is 21.5 Å². The predicted octanol–water partition coefficient (Wildman–Crippen LogP) is 6.29. The van der Waals surface area contributed by atoms with Gasteiger partial charge < -0.3 is 14.3 Å². The summed E-state index contributed by atoms with van der Waals surface area (Å²) in [5.41, 5.74) is 1.64. The van der Waals surface area contributed by atoms with Gasteiger partial charge in [0, 0.05) is 10.2 Å². The van der Waals surface area contributed by atoms with Gasteiger partial charge in [0.1, 0.15) is 0 Å². The van der Waals surface area contributed by atoms with Crippen LogP contribution in [0.25, 0.3) is 0 Å². The molecule has 0 amide bonds. The van der Waals surface area contributed by atoms with Gasteiger partial charge in [-0.1, -0.05) is 71.3 Å². The molecule has 0 heterocycles. The molecule has 5 heteroatoms. The van der Waals surface area contributed by atoms with Gasteiger partial charge >= 0.3 is 0 Å². The standard InChI is InChI=1S/C21H43BrO3Si/c1-13(2)26(14(3)4,15(5)6)25-20-12-18(22)11-19(21(20,9)10)24-17(8)16(7)23/h13-20,23H,11-12H2,1-10H3/t16-,17+,18+,19-,20-/m1/s1. The molecule has 0 bridgehead atoms. The molecule has 5 atom stereocenters. The third-order valence-electron chi connectivity index (χ3n) is 6.71. The van der Waals surface area contributed by atoms with Gasteiger partial charge in [-0.15, -0.1) is 0 Å². The first kappa shape index (κ1) is 24.6. The molecule has 1 saturated carbocycles. The third-order valence-corrected chi connectivity index (χ3v) is 13.6. The van der Waals surface area contributed by atoms with Crippen molar-refractivity contribution in [3.8, 4) is 0 Å². The van der Waals surface area contributed by atoms with Crippen molar-refractivity contribution in [2.24, 2.45) is 5.41 Å². The fraction of sp³-hybridized carbons (Fsp3) is 1.00. The molecular weight excluding hydrogens is 408 g/mol. The van der Waals surface area contributed by atoms with Crippen LogP contribution in [0.15, 0.2) is 0 Å². The summed E-state index contributed by atoms with van der Waals surface area (Å²) < 4.78 is 13.5. The van der Waals surface area contributed by atoms with Gasteiger partial charge in [-0.3, -0.25) is 0 Å². The first-order valence-electron chi connectivity index (χ1n) is 10.4. The first-order chi connectivity index (χ1) is 11.8. The molecule has 0 aromatic heterocycles. The number of hydrogen-bond acceptors (Lipinski definition) is 3. The van der Waals surface area contributed by atoms with Crippen molar-refractivity contribution in [1.82, 2.24) is 0 Å². The van der Waals surface area contributed by atoms with Crippen molar-refractivity contribution in [2.45, 2.75) is 128 Å². The van der Waals surface area contributed by atoms with E-state index in [-0.39, 0.29) is 23.7 Å². The quantitative estimate of drug-likeness (QED) is 0.348. The lowest BCUT2D eigenvalue weighted by molar-refractivity contribution is -0.148. The normalized spacial score (nSPS) is 29.4. The molecule has 1 aliphatic rings. The van der Waals surface area contributed by atoms with Crippen LogP contribution in [-0.2, 0) is 9.16 Å². The summed E-state index contributed by atoms with van der Waals surface area (Å²) >= 11 is 3.86. The number of ether oxygens (including phenoxy) is 1. The zero-order valence-corrected chi connectivity index (χ0v) is 21.3. The third kappa shape index (κ3) is 5.14. The fourth-order valence-electron chi connectivity index (χ4n) is 4.83. The van der Waals surface area contributed by atoms with Crippen LogP contribution in [0.1, 0.15) is 82.1 Å². The molecule has 0 aliphatic heterocycles. The highest BCUT2D eigenvalue weighted by Gasteiger charge is 2.52. The molecule has 26 heavy (non-hydrogen) atoms. The summed E-state index contributed by atoms with van der Waals surface area (Å²) in [6.45, 7) is 22.4. The monoisotopic (exact) mass is 450 g/mol. The van der Waals surface area contributed by atoms with E-state index < -0.39 is 14.4 Å². The smallest absolute Gasteiger partial charge is 0.200 e. The second-order valence-electron chi connectivity index (χ2n) is 9.88.